The Morgan fingerprint density at radius 1 is 1.19 bits per heavy atom. The molecule has 21 heavy (non-hydrogen) atoms. The number of benzene rings is 1. The smallest absolute Gasteiger partial charge is 0.0879 e. The summed E-state index contributed by atoms with van der Waals surface area (Å²) in [6.07, 6.45) is 6.58. The molecule has 3 aromatic rings. The first-order valence-electron chi connectivity index (χ1n) is 7.41. The van der Waals surface area contributed by atoms with E-state index in [0.717, 1.165) is 35.6 Å². The molecule has 1 aliphatic rings. The third-order valence-electron chi connectivity index (χ3n) is 4.50. The van der Waals surface area contributed by atoms with Crippen molar-refractivity contribution in [2.75, 3.05) is 0 Å². The maximum absolute atomic E-state index is 11.0. The summed E-state index contributed by atoms with van der Waals surface area (Å²) in [6.45, 7) is 0. The minimum absolute atomic E-state index is 0.201. The lowest BCUT2D eigenvalue weighted by Crippen LogP contribution is -2.16. The van der Waals surface area contributed by atoms with Gasteiger partial charge in [-0.3, -0.25) is 4.98 Å². The lowest BCUT2D eigenvalue weighted by molar-refractivity contribution is 0.137. The minimum atomic E-state index is -0.475. The van der Waals surface area contributed by atoms with Crippen LogP contribution in [0.25, 0.3) is 10.8 Å². The van der Waals surface area contributed by atoms with E-state index in [2.05, 4.69) is 28.6 Å². The number of aryl methyl sites for hydroxylation is 1. The SMILES string of the molecule is OC(c1cncc2ccccc12)C1CCCc2sccc21. The van der Waals surface area contributed by atoms with Crippen molar-refractivity contribution in [3.63, 3.8) is 0 Å². The highest BCUT2D eigenvalue weighted by molar-refractivity contribution is 7.10. The van der Waals surface area contributed by atoms with Gasteiger partial charge in [-0.05, 0) is 41.7 Å². The number of aliphatic hydroxyl groups is 1. The Bertz CT molecular complexity index is 774. The molecular formula is C18H17NOS. The fraction of sp³-hybridized carbons (Fsp3) is 0.278. The fourth-order valence-corrected chi connectivity index (χ4v) is 4.44. The lowest BCUT2D eigenvalue weighted by Gasteiger charge is -2.28. The van der Waals surface area contributed by atoms with E-state index in [1.54, 1.807) is 0 Å². The van der Waals surface area contributed by atoms with Gasteiger partial charge in [-0.25, -0.2) is 0 Å². The van der Waals surface area contributed by atoms with Gasteiger partial charge in [0.25, 0.3) is 0 Å². The first-order valence-corrected chi connectivity index (χ1v) is 8.29. The minimum Gasteiger partial charge on any atom is -0.388 e. The van der Waals surface area contributed by atoms with Crippen molar-refractivity contribution >= 4 is 22.1 Å². The summed E-state index contributed by atoms with van der Waals surface area (Å²) in [5, 5.41) is 15.3. The Morgan fingerprint density at radius 3 is 3.05 bits per heavy atom. The maximum atomic E-state index is 11.0. The molecule has 2 aromatic heterocycles. The van der Waals surface area contributed by atoms with Crippen LogP contribution in [0.1, 0.15) is 40.9 Å². The summed E-state index contributed by atoms with van der Waals surface area (Å²) >= 11 is 1.82. The molecule has 1 aromatic carbocycles. The van der Waals surface area contributed by atoms with Crippen molar-refractivity contribution in [3.8, 4) is 0 Å². The van der Waals surface area contributed by atoms with Gasteiger partial charge in [0.1, 0.15) is 0 Å². The third-order valence-corrected chi connectivity index (χ3v) is 5.49. The van der Waals surface area contributed by atoms with Crippen LogP contribution in [-0.2, 0) is 6.42 Å². The number of pyridine rings is 1. The van der Waals surface area contributed by atoms with Gasteiger partial charge in [0.05, 0.1) is 6.10 Å². The van der Waals surface area contributed by atoms with Crippen LogP contribution < -0.4 is 0 Å². The van der Waals surface area contributed by atoms with Crippen LogP contribution in [0.3, 0.4) is 0 Å². The van der Waals surface area contributed by atoms with Crippen LogP contribution in [0.2, 0.25) is 0 Å². The van der Waals surface area contributed by atoms with Gasteiger partial charge in [0, 0.05) is 34.1 Å². The molecule has 2 atom stereocenters. The Morgan fingerprint density at radius 2 is 2.10 bits per heavy atom. The van der Waals surface area contributed by atoms with Gasteiger partial charge in [0.15, 0.2) is 0 Å². The largest absolute Gasteiger partial charge is 0.388 e. The van der Waals surface area contributed by atoms with E-state index in [-0.39, 0.29) is 5.92 Å². The lowest BCUT2D eigenvalue weighted by atomic mass is 9.81. The standard InChI is InChI=1S/C18H17NOS/c20-18(15-6-3-7-17-14(15)8-9-21-17)16-11-19-10-12-4-1-2-5-13(12)16/h1-2,4-5,8-11,15,18,20H,3,6-7H2. The predicted octanol–water partition coefficient (Wildman–Crippen LogP) is 4.45. The van der Waals surface area contributed by atoms with E-state index in [1.165, 1.54) is 10.4 Å². The first kappa shape index (κ1) is 13.0. The molecule has 106 valence electrons. The van der Waals surface area contributed by atoms with E-state index in [4.69, 9.17) is 0 Å². The maximum Gasteiger partial charge on any atom is 0.0879 e. The molecule has 0 spiro atoms. The highest BCUT2D eigenvalue weighted by Gasteiger charge is 2.29. The first-order chi connectivity index (χ1) is 10.3. The highest BCUT2D eigenvalue weighted by Crippen LogP contribution is 2.43. The van der Waals surface area contributed by atoms with E-state index < -0.39 is 6.10 Å². The van der Waals surface area contributed by atoms with Crippen LogP contribution in [-0.4, -0.2) is 10.1 Å². The van der Waals surface area contributed by atoms with Gasteiger partial charge in [-0.15, -0.1) is 11.3 Å². The topological polar surface area (TPSA) is 33.1 Å². The number of aliphatic hydroxyl groups excluding tert-OH is 1. The third kappa shape index (κ3) is 2.17. The molecule has 0 amide bonds. The second-order valence-electron chi connectivity index (χ2n) is 5.69. The average molecular weight is 295 g/mol. The number of aromatic nitrogens is 1. The molecule has 2 nitrogen and oxygen atoms in total. The summed E-state index contributed by atoms with van der Waals surface area (Å²) in [4.78, 5) is 5.76. The molecule has 0 fully saturated rings. The Kier molecular flexibility index (Phi) is 3.24. The summed E-state index contributed by atoms with van der Waals surface area (Å²) in [5.74, 6) is 0.201. The van der Waals surface area contributed by atoms with Crippen molar-refractivity contribution in [2.24, 2.45) is 0 Å². The van der Waals surface area contributed by atoms with Crippen molar-refractivity contribution in [2.45, 2.75) is 31.3 Å². The van der Waals surface area contributed by atoms with E-state index >= 15 is 0 Å². The van der Waals surface area contributed by atoms with Gasteiger partial charge >= 0.3 is 0 Å². The quantitative estimate of drug-likeness (QED) is 0.757. The van der Waals surface area contributed by atoms with E-state index in [9.17, 15) is 5.11 Å². The summed E-state index contributed by atoms with van der Waals surface area (Å²) in [6, 6.07) is 10.3. The summed E-state index contributed by atoms with van der Waals surface area (Å²) < 4.78 is 0. The highest BCUT2D eigenvalue weighted by atomic mass is 32.1. The number of rotatable bonds is 2. The van der Waals surface area contributed by atoms with Crippen molar-refractivity contribution < 1.29 is 5.11 Å². The van der Waals surface area contributed by atoms with Crippen LogP contribution in [0, 0.1) is 0 Å². The number of hydrogen-bond acceptors (Lipinski definition) is 3. The molecule has 0 radical (unpaired) electrons. The summed E-state index contributed by atoms with van der Waals surface area (Å²) in [5.41, 5.74) is 2.30. The molecular weight excluding hydrogens is 278 g/mol. The molecule has 4 rings (SSSR count). The Hall–Kier alpha value is -1.71. The normalized spacial score (nSPS) is 19.4. The Balaban J connectivity index is 1.80. The van der Waals surface area contributed by atoms with Crippen LogP contribution in [0.15, 0.2) is 48.1 Å². The fourth-order valence-electron chi connectivity index (χ4n) is 3.44. The molecule has 1 aliphatic carbocycles. The second-order valence-corrected chi connectivity index (χ2v) is 6.69. The molecule has 0 saturated carbocycles. The molecule has 3 heteroatoms. The molecule has 2 heterocycles. The van der Waals surface area contributed by atoms with Gasteiger partial charge < -0.3 is 5.11 Å². The van der Waals surface area contributed by atoms with Gasteiger partial charge in [-0.2, -0.15) is 0 Å². The second kappa shape index (κ2) is 5.24. The van der Waals surface area contributed by atoms with Crippen molar-refractivity contribution in [1.82, 2.24) is 4.98 Å². The van der Waals surface area contributed by atoms with E-state index in [0.29, 0.717) is 0 Å². The Labute approximate surface area is 128 Å². The van der Waals surface area contributed by atoms with E-state index in [1.807, 2.05) is 35.9 Å². The van der Waals surface area contributed by atoms with Crippen LogP contribution in [0.5, 0.6) is 0 Å². The van der Waals surface area contributed by atoms with Crippen LogP contribution in [0.4, 0.5) is 0 Å². The zero-order valence-electron chi connectivity index (χ0n) is 11.7. The zero-order valence-corrected chi connectivity index (χ0v) is 12.5. The summed E-state index contributed by atoms with van der Waals surface area (Å²) in [7, 11) is 0. The molecule has 0 saturated heterocycles. The van der Waals surface area contributed by atoms with Crippen LogP contribution >= 0.6 is 11.3 Å². The number of thiophene rings is 1. The molecule has 0 bridgehead atoms. The molecule has 0 aliphatic heterocycles. The number of hydrogen-bond donors (Lipinski definition) is 1. The predicted molar refractivity (Wildman–Crippen MR) is 86.7 cm³/mol. The zero-order chi connectivity index (χ0) is 14.2. The molecule has 2 unspecified atom stereocenters. The number of fused-ring (bicyclic) bond motifs is 2. The van der Waals surface area contributed by atoms with Crippen molar-refractivity contribution in [3.05, 3.63) is 64.1 Å². The van der Waals surface area contributed by atoms with Gasteiger partial charge in [0.2, 0.25) is 0 Å². The number of nitrogens with zero attached hydrogens (tertiary/aromatic N) is 1. The molecule has 1 N–H and O–H groups in total. The monoisotopic (exact) mass is 295 g/mol. The average Bonchev–Trinajstić information content (AvgIpc) is 3.02. The van der Waals surface area contributed by atoms with Gasteiger partial charge in [-0.1, -0.05) is 24.3 Å². The van der Waals surface area contributed by atoms with Crippen molar-refractivity contribution in [1.29, 1.82) is 0 Å².